The minimum absolute atomic E-state index is 0.124. The summed E-state index contributed by atoms with van der Waals surface area (Å²) in [7, 11) is -3.61. The fourth-order valence-electron chi connectivity index (χ4n) is 3.32. The van der Waals surface area contributed by atoms with Crippen molar-refractivity contribution in [3.63, 3.8) is 0 Å². The Morgan fingerprint density at radius 2 is 1.77 bits per heavy atom. The molecule has 1 saturated heterocycles. The van der Waals surface area contributed by atoms with Gasteiger partial charge in [0, 0.05) is 13.1 Å². The Morgan fingerprint density at radius 1 is 1.00 bits per heavy atom. The molecule has 0 unspecified atom stereocenters. The van der Waals surface area contributed by atoms with Gasteiger partial charge in [0.2, 0.25) is 10.0 Å². The summed E-state index contributed by atoms with van der Waals surface area (Å²) in [6.45, 7) is 2.98. The van der Waals surface area contributed by atoms with Crippen LogP contribution in [0.1, 0.15) is 35.2 Å². The molecule has 7 heteroatoms. The van der Waals surface area contributed by atoms with E-state index in [1.54, 1.807) is 12.1 Å². The zero-order chi connectivity index (χ0) is 18.3. The van der Waals surface area contributed by atoms with Crippen LogP contribution in [0.3, 0.4) is 0 Å². The first-order chi connectivity index (χ1) is 12.4. The van der Waals surface area contributed by atoms with Crippen LogP contribution in [-0.2, 0) is 10.0 Å². The summed E-state index contributed by atoms with van der Waals surface area (Å²) in [4.78, 5) is 12.7. The van der Waals surface area contributed by atoms with E-state index in [0.29, 0.717) is 30.3 Å². The number of rotatable bonds is 2. The normalized spacial score (nSPS) is 17.5. The van der Waals surface area contributed by atoms with Crippen LogP contribution in [0.5, 0.6) is 11.5 Å². The Morgan fingerprint density at radius 3 is 2.54 bits per heavy atom. The fraction of sp³-hybridized carbons (Fsp3) is 0.316. The van der Waals surface area contributed by atoms with Crippen LogP contribution >= 0.6 is 0 Å². The van der Waals surface area contributed by atoms with E-state index in [-0.39, 0.29) is 16.4 Å². The summed E-state index contributed by atoms with van der Waals surface area (Å²) in [5, 5.41) is 2.79. The number of sulfonamides is 1. The second-order valence-electron chi connectivity index (χ2n) is 6.68. The van der Waals surface area contributed by atoms with Crippen molar-refractivity contribution in [2.45, 2.75) is 31.1 Å². The van der Waals surface area contributed by atoms with Gasteiger partial charge in [0.1, 0.15) is 5.75 Å². The largest absolute Gasteiger partial charge is 0.454 e. The molecular weight excluding hydrogens is 352 g/mol. The number of nitrogens with zero attached hydrogens (tertiary/aromatic N) is 1. The molecule has 2 heterocycles. The van der Waals surface area contributed by atoms with Crippen LogP contribution in [0.25, 0.3) is 0 Å². The molecule has 0 aromatic heterocycles. The third-order valence-electron chi connectivity index (χ3n) is 4.75. The van der Waals surface area contributed by atoms with Gasteiger partial charge in [0.15, 0.2) is 5.75 Å². The number of carbonyl (C=O) groups excluding carboxylic acids is 1. The van der Waals surface area contributed by atoms with E-state index >= 15 is 0 Å². The number of fused-ring (bicyclic) bond motifs is 2. The Hall–Kier alpha value is -2.38. The third kappa shape index (κ3) is 2.97. The predicted octanol–water partition coefficient (Wildman–Crippen LogP) is 3.53. The molecule has 2 aliphatic heterocycles. The molecule has 1 N–H and O–H groups in total. The molecule has 26 heavy (non-hydrogen) atoms. The number of carbonyl (C=O) groups is 1. The minimum atomic E-state index is -3.61. The van der Waals surface area contributed by atoms with Crippen LogP contribution in [-0.4, -0.2) is 31.7 Å². The number of hydrogen-bond acceptors (Lipinski definition) is 4. The number of piperidine rings is 1. The summed E-state index contributed by atoms with van der Waals surface area (Å²) < 4.78 is 33.1. The van der Waals surface area contributed by atoms with Crippen molar-refractivity contribution in [1.82, 2.24) is 4.31 Å². The first-order valence-corrected chi connectivity index (χ1v) is 10.1. The number of aryl methyl sites for hydroxylation is 1. The second-order valence-corrected chi connectivity index (χ2v) is 8.62. The standard InChI is InChI=1S/C19H20N2O4S/c1-13-5-7-16-18(11-13)25-17-8-6-14(12-15(17)19(22)20-16)26(23,24)21-9-3-2-4-10-21/h5-8,11-12H,2-4,9-10H2,1H3,(H,20,22). The molecule has 136 valence electrons. The number of amides is 1. The summed E-state index contributed by atoms with van der Waals surface area (Å²) in [5.41, 5.74) is 1.79. The van der Waals surface area contributed by atoms with Crippen molar-refractivity contribution in [3.8, 4) is 11.5 Å². The zero-order valence-electron chi connectivity index (χ0n) is 14.5. The van der Waals surface area contributed by atoms with Crippen LogP contribution < -0.4 is 10.1 Å². The number of nitrogens with one attached hydrogen (secondary N) is 1. The molecule has 0 aliphatic carbocycles. The summed E-state index contributed by atoms with van der Waals surface area (Å²) >= 11 is 0. The van der Waals surface area contributed by atoms with Gasteiger partial charge in [-0.1, -0.05) is 12.5 Å². The van der Waals surface area contributed by atoms with E-state index in [9.17, 15) is 13.2 Å². The van der Waals surface area contributed by atoms with Gasteiger partial charge < -0.3 is 10.1 Å². The Kier molecular flexibility index (Phi) is 4.20. The minimum Gasteiger partial charge on any atom is -0.454 e. The van der Waals surface area contributed by atoms with E-state index in [1.807, 2.05) is 19.1 Å². The molecule has 0 bridgehead atoms. The first kappa shape index (κ1) is 17.1. The average Bonchev–Trinajstić information content (AvgIpc) is 2.77. The van der Waals surface area contributed by atoms with Crippen LogP contribution in [0.2, 0.25) is 0 Å². The van der Waals surface area contributed by atoms with Crippen LogP contribution in [0, 0.1) is 6.92 Å². The van der Waals surface area contributed by atoms with Crippen molar-refractivity contribution >= 4 is 21.6 Å². The highest BCUT2D eigenvalue weighted by Gasteiger charge is 2.29. The van der Waals surface area contributed by atoms with Gasteiger partial charge in [-0.2, -0.15) is 4.31 Å². The van der Waals surface area contributed by atoms with Gasteiger partial charge in [-0.3, -0.25) is 4.79 Å². The molecule has 2 aliphatic rings. The van der Waals surface area contributed by atoms with Gasteiger partial charge in [-0.25, -0.2) is 8.42 Å². The lowest BCUT2D eigenvalue weighted by Gasteiger charge is -2.26. The van der Waals surface area contributed by atoms with Gasteiger partial charge in [0.25, 0.3) is 5.91 Å². The first-order valence-electron chi connectivity index (χ1n) is 8.69. The van der Waals surface area contributed by atoms with Crippen molar-refractivity contribution in [3.05, 3.63) is 47.5 Å². The average molecular weight is 372 g/mol. The van der Waals surface area contributed by atoms with E-state index < -0.39 is 10.0 Å². The van der Waals surface area contributed by atoms with Crippen molar-refractivity contribution < 1.29 is 17.9 Å². The summed E-state index contributed by atoms with van der Waals surface area (Å²) in [5.74, 6) is 0.520. The lowest BCUT2D eigenvalue weighted by Crippen LogP contribution is -2.35. The van der Waals surface area contributed by atoms with E-state index in [4.69, 9.17) is 4.74 Å². The molecule has 0 radical (unpaired) electrons. The maximum atomic E-state index is 12.9. The number of anilines is 1. The monoisotopic (exact) mass is 372 g/mol. The molecule has 0 saturated carbocycles. The molecule has 6 nitrogen and oxygen atoms in total. The van der Waals surface area contributed by atoms with Gasteiger partial charge in [-0.15, -0.1) is 0 Å². The summed E-state index contributed by atoms with van der Waals surface area (Å²) in [6, 6.07) is 9.97. The van der Waals surface area contributed by atoms with Crippen molar-refractivity contribution in [2.24, 2.45) is 0 Å². The molecule has 4 rings (SSSR count). The van der Waals surface area contributed by atoms with Crippen molar-refractivity contribution in [2.75, 3.05) is 18.4 Å². The molecule has 0 spiro atoms. The lowest BCUT2D eigenvalue weighted by molar-refractivity contribution is 0.102. The van der Waals surface area contributed by atoms with Crippen molar-refractivity contribution in [1.29, 1.82) is 0 Å². The maximum absolute atomic E-state index is 12.9. The number of ether oxygens (including phenoxy) is 1. The van der Waals surface area contributed by atoms with Gasteiger partial charge >= 0.3 is 0 Å². The third-order valence-corrected chi connectivity index (χ3v) is 6.65. The quantitative estimate of drug-likeness (QED) is 0.875. The fourth-order valence-corrected chi connectivity index (χ4v) is 4.86. The van der Waals surface area contributed by atoms with E-state index in [2.05, 4.69) is 5.32 Å². The number of hydrogen-bond donors (Lipinski definition) is 1. The smallest absolute Gasteiger partial charge is 0.259 e. The summed E-state index contributed by atoms with van der Waals surface area (Å²) in [6.07, 6.45) is 2.77. The Bertz CT molecular complexity index is 979. The molecule has 2 aromatic rings. The SMILES string of the molecule is Cc1ccc2c(c1)Oc1ccc(S(=O)(=O)N3CCCCC3)cc1C(=O)N2. The number of benzene rings is 2. The van der Waals surface area contributed by atoms with Gasteiger partial charge in [0.05, 0.1) is 16.1 Å². The Labute approximate surface area is 152 Å². The van der Waals surface area contributed by atoms with E-state index in [1.165, 1.54) is 16.4 Å². The van der Waals surface area contributed by atoms with E-state index in [0.717, 1.165) is 24.8 Å². The predicted molar refractivity (Wildman–Crippen MR) is 98.3 cm³/mol. The molecule has 0 atom stereocenters. The Balaban J connectivity index is 1.73. The topological polar surface area (TPSA) is 75.7 Å². The highest BCUT2D eigenvalue weighted by atomic mass is 32.2. The highest BCUT2D eigenvalue weighted by molar-refractivity contribution is 7.89. The molecular formula is C19H20N2O4S. The second kappa shape index (κ2) is 6.41. The van der Waals surface area contributed by atoms with Gasteiger partial charge in [-0.05, 0) is 55.7 Å². The molecule has 2 aromatic carbocycles. The highest BCUT2D eigenvalue weighted by Crippen LogP contribution is 2.37. The van der Waals surface area contributed by atoms with Crippen LogP contribution in [0.4, 0.5) is 5.69 Å². The van der Waals surface area contributed by atoms with Crippen LogP contribution in [0.15, 0.2) is 41.3 Å². The molecule has 1 fully saturated rings. The lowest BCUT2D eigenvalue weighted by atomic mass is 10.2. The maximum Gasteiger partial charge on any atom is 0.259 e. The molecule has 1 amide bonds. The zero-order valence-corrected chi connectivity index (χ0v) is 15.3.